The standard InChI is InChI=1S/C9H9BrFN5/c1-4-2-5(3-6(11)7(4)10)13-9-14-8(12)15-16-9/h2-3H,1H3,(H4,12,13,14,15,16). The Bertz CT molecular complexity index is 501. The average Bonchev–Trinajstić information content (AvgIpc) is 2.60. The topological polar surface area (TPSA) is 79.6 Å². The number of hydrogen-bond donors (Lipinski definition) is 3. The highest BCUT2D eigenvalue weighted by molar-refractivity contribution is 9.10. The van der Waals surface area contributed by atoms with Crippen molar-refractivity contribution >= 4 is 33.5 Å². The largest absolute Gasteiger partial charge is 0.368 e. The van der Waals surface area contributed by atoms with Crippen molar-refractivity contribution in [2.24, 2.45) is 0 Å². The van der Waals surface area contributed by atoms with Crippen LogP contribution in [0.4, 0.5) is 22.0 Å². The number of hydrogen-bond acceptors (Lipinski definition) is 4. The molecule has 0 saturated carbocycles. The van der Waals surface area contributed by atoms with Crippen LogP contribution >= 0.6 is 15.9 Å². The normalized spacial score (nSPS) is 10.4. The molecule has 4 N–H and O–H groups in total. The van der Waals surface area contributed by atoms with Gasteiger partial charge in [0.25, 0.3) is 0 Å². The first-order valence-electron chi connectivity index (χ1n) is 4.47. The van der Waals surface area contributed by atoms with E-state index in [9.17, 15) is 4.39 Å². The monoisotopic (exact) mass is 285 g/mol. The van der Waals surface area contributed by atoms with Crippen LogP contribution in [0, 0.1) is 12.7 Å². The maximum absolute atomic E-state index is 13.4. The summed E-state index contributed by atoms with van der Waals surface area (Å²) >= 11 is 3.14. The molecule has 0 aliphatic heterocycles. The summed E-state index contributed by atoms with van der Waals surface area (Å²) in [5.41, 5.74) is 6.72. The summed E-state index contributed by atoms with van der Waals surface area (Å²) in [5, 5.41) is 9.11. The van der Waals surface area contributed by atoms with Crippen LogP contribution in [0.1, 0.15) is 5.56 Å². The van der Waals surface area contributed by atoms with Crippen LogP contribution < -0.4 is 11.1 Å². The van der Waals surface area contributed by atoms with Gasteiger partial charge in [0, 0.05) is 5.69 Å². The predicted molar refractivity (Wildman–Crippen MR) is 62.9 cm³/mol. The van der Waals surface area contributed by atoms with Crippen molar-refractivity contribution in [3.05, 3.63) is 28.0 Å². The Kier molecular flexibility index (Phi) is 2.78. The number of benzene rings is 1. The molecular formula is C9H9BrFN5. The lowest BCUT2D eigenvalue weighted by molar-refractivity contribution is 0.620. The third-order valence-corrected chi connectivity index (χ3v) is 2.97. The van der Waals surface area contributed by atoms with Gasteiger partial charge in [-0.1, -0.05) is 0 Å². The van der Waals surface area contributed by atoms with Gasteiger partial charge in [0.05, 0.1) is 4.47 Å². The highest BCUT2D eigenvalue weighted by atomic mass is 79.9. The first-order chi connectivity index (χ1) is 7.56. The van der Waals surface area contributed by atoms with Gasteiger partial charge in [-0.2, -0.15) is 4.98 Å². The lowest BCUT2D eigenvalue weighted by Crippen LogP contribution is -1.95. The maximum atomic E-state index is 13.4. The number of rotatable bonds is 2. The Labute approximate surface area is 99.4 Å². The van der Waals surface area contributed by atoms with Crippen molar-refractivity contribution in [2.75, 3.05) is 11.1 Å². The van der Waals surface area contributed by atoms with Crippen molar-refractivity contribution in [3.63, 3.8) is 0 Å². The van der Waals surface area contributed by atoms with Gasteiger partial charge in [-0.25, -0.2) is 9.49 Å². The summed E-state index contributed by atoms with van der Waals surface area (Å²) in [6.07, 6.45) is 0. The molecule has 0 unspecified atom stereocenters. The maximum Gasteiger partial charge on any atom is 0.248 e. The van der Waals surface area contributed by atoms with E-state index in [-0.39, 0.29) is 11.8 Å². The molecule has 1 aromatic heterocycles. The van der Waals surface area contributed by atoms with Crippen LogP contribution in [0.5, 0.6) is 0 Å². The van der Waals surface area contributed by atoms with E-state index in [4.69, 9.17) is 5.73 Å². The average molecular weight is 286 g/mol. The molecule has 0 spiro atoms. The molecular weight excluding hydrogens is 277 g/mol. The van der Waals surface area contributed by atoms with Crippen molar-refractivity contribution < 1.29 is 4.39 Å². The lowest BCUT2D eigenvalue weighted by Gasteiger charge is -2.05. The number of aryl methyl sites for hydroxylation is 1. The van der Waals surface area contributed by atoms with E-state index >= 15 is 0 Å². The Morgan fingerprint density at radius 2 is 2.25 bits per heavy atom. The molecule has 1 aromatic carbocycles. The van der Waals surface area contributed by atoms with Gasteiger partial charge in [-0.3, -0.25) is 0 Å². The molecule has 0 amide bonds. The second-order valence-corrected chi connectivity index (χ2v) is 4.05. The zero-order valence-electron chi connectivity index (χ0n) is 8.38. The number of H-pyrrole nitrogens is 1. The summed E-state index contributed by atoms with van der Waals surface area (Å²) in [6.45, 7) is 1.80. The smallest absolute Gasteiger partial charge is 0.248 e. The molecule has 1 heterocycles. The molecule has 0 saturated heterocycles. The van der Waals surface area contributed by atoms with Gasteiger partial charge in [-0.05, 0) is 40.5 Å². The summed E-state index contributed by atoms with van der Waals surface area (Å²) in [6, 6.07) is 3.13. The van der Waals surface area contributed by atoms with Crippen LogP contribution in [0.3, 0.4) is 0 Å². The molecule has 0 atom stereocenters. The number of aromatic amines is 1. The SMILES string of the molecule is Cc1cc(Nc2n[nH]c(N)n2)cc(F)c1Br. The van der Waals surface area contributed by atoms with E-state index in [1.807, 2.05) is 0 Å². The van der Waals surface area contributed by atoms with Gasteiger partial charge in [-0.15, -0.1) is 5.10 Å². The fraction of sp³-hybridized carbons (Fsp3) is 0.111. The third kappa shape index (κ3) is 2.13. The molecule has 0 fully saturated rings. The Hall–Kier alpha value is -1.63. The Balaban J connectivity index is 2.28. The molecule has 5 nitrogen and oxygen atoms in total. The van der Waals surface area contributed by atoms with Gasteiger partial charge < -0.3 is 11.1 Å². The zero-order valence-corrected chi connectivity index (χ0v) is 9.97. The zero-order chi connectivity index (χ0) is 11.7. The molecule has 84 valence electrons. The van der Waals surface area contributed by atoms with Gasteiger partial charge in [0.2, 0.25) is 11.9 Å². The van der Waals surface area contributed by atoms with Crippen molar-refractivity contribution in [2.45, 2.75) is 6.92 Å². The van der Waals surface area contributed by atoms with E-state index in [2.05, 4.69) is 36.4 Å². The minimum absolute atomic E-state index is 0.205. The molecule has 0 aliphatic rings. The summed E-state index contributed by atoms with van der Waals surface area (Å²) in [5.74, 6) is 0.168. The van der Waals surface area contributed by atoms with Crippen molar-refractivity contribution in [1.82, 2.24) is 15.2 Å². The van der Waals surface area contributed by atoms with Gasteiger partial charge in [0.1, 0.15) is 5.82 Å². The molecule has 0 aliphatic carbocycles. The highest BCUT2D eigenvalue weighted by Gasteiger charge is 2.07. The summed E-state index contributed by atoms with van der Waals surface area (Å²) < 4.78 is 13.8. The number of nitrogens with zero attached hydrogens (tertiary/aromatic N) is 2. The minimum atomic E-state index is -0.342. The van der Waals surface area contributed by atoms with Crippen LogP contribution in [0.2, 0.25) is 0 Å². The number of nitrogens with one attached hydrogen (secondary N) is 2. The van der Waals surface area contributed by atoms with E-state index in [1.165, 1.54) is 6.07 Å². The second-order valence-electron chi connectivity index (χ2n) is 3.26. The van der Waals surface area contributed by atoms with Crippen molar-refractivity contribution in [3.8, 4) is 0 Å². The van der Waals surface area contributed by atoms with Crippen LogP contribution in [0.25, 0.3) is 0 Å². The second kappa shape index (κ2) is 4.09. The molecule has 16 heavy (non-hydrogen) atoms. The number of aromatic nitrogens is 3. The quantitative estimate of drug-likeness (QED) is 0.791. The van der Waals surface area contributed by atoms with Crippen LogP contribution in [-0.4, -0.2) is 15.2 Å². The van der Waals surface area contributed by atoms with E-state index < -0.39 is 0 Å². The number of anilines is 3. The van der Waals surface area contributed by atoms with Gasteiger partial charge in [0.15, 0.2) is 0 Å². The first-order valence-corrected chi connectivity index (χ1v) is 5.26. The van der Waals surface area contributed by atoms with E-state index in [0.717, 1.165) is 5.56 Å². The first kappa shape index (κ1) is 10.9. The summed E-state index contributed by atoms with van der Waals surface area (Å²) in [7, 11) is 0. The Morgan fingerprint density at radius 1 is 1.50 bits per heavy atom. The predicted octanol–water partition coefficient (Wildman–Crippen LogP) is 2.34. The summed E-state index contributed by atoms with van der Waals surface area (Å²) in [4.78, 5) is 3.85. The van der Waals surface area contributed by atoms with Crippen LogP contribution in [0.15, 0.2) is 16.6 Å². The number of halogens is 2. The molecule has 2 aromatic rings. The fourth-order valence-corrected chi connectivity index (χ4v) is 1.49. The molecule has 7 heteroatoms. The minimum Gasteiger partial charge on any atom is -0.368 e. The molecule has 2 rings (SSSR count). The fourth-order valence-electron chi connectivity index (χ4n) is 1.26. The molecule has 0 bridgehead atoms. The van der Waals surface area contributed by atoms with Crippen LogP contribution in [-0.2, 0) is 0 Å². The highest BCUT2D eigenvalue weighted by Crippen LogP contribution is 2.25. The Morgan fingerprint density at radius 3 is 2.81 bits per heavy atom. The van der Waals surface area contributed by atoms with E-state index in [0.29, 0.717) is 16.1 Å². The lowest BCUT2D eigenvalue weighted by atomic mass is 10.2. The number of nitrogen functional groups attached to an aromatic ring is 1. The van der Waals surface area contributed by atoms with Gasteiger partial charge >= 0.3 is 0 Å². The van der Waals surface area contributed by atoms with Crippen molar-refractivity contribution in [1.29, 1.82) is 0 Å². The number of nitrogens with two attached hydrogens (primary N) is 1. The molecule has 0 radical (unpaired) electrons. The third-order valence-electron chi connectivity index (χ3n) is 1.97. The van der Waals surface area contributed by atoms with E-state index in [1.54, 1.807) is 13.0 Å².